The molecule has 1 N–H and O–H groups in total. The van der Waals surface area contributed by atoms with Crippen LogP contribution < -0.4 is 15.0 Å². The topological polar surface area (TPSA) is 76.6 Å². The highest BCUT2D eigenvalue weighted by atomic mass is 16.6. The Bertz CT molecular complexity index is 806. The first-order valence-corrected chi connectivity index (χ1v) is 6.82. The van der Waals surface area contributed by atoms with Gasteiger partial charge in [-0.1, -0.05) is 12.1 Å². The van der Waals surface area contributed by atoms with Crippen molar-refractivity contribution in [3.05, 3.63) is 45.4 Å². The number of amides is 1. The highest BCUT2D eigenvalue weighted by Gasteiger charge is 2.37. The van der Waals surface area contributed by atoms with Gasteiger partial charge in [0.05, 0.1) is 18.7 Å². The third-order valence-corrected chi connectivity index (χ3v) is 3.94. The Balaban J connectivity index is 2.28. The first-order chi connectivity index (χ1) is 10.5. The van der Waals surface area contributed by atoms with Gasteiger partial charge in [-0.15, -0.1) is 0 Å². The fourth-order valence-electron chi connectivity index (χ4n) is 2.87. The molecule has 1 aromatic carbocycles. The second-order valence-corrected chi connectivity index (χ2v) is 5.27. The van der Waals surface area contributed by atoms with Crippen molar-refractivity contribution in [3.63, 3.8) is 0 Å². The maximum Gasteiger partial charge on any atom is 0.415 e. The van der Waals surface area contributed by atoms with E-state index in [2.05, 4.69) is 5.10 Å². The van der Waals surface area contributed by atoms with E-state index < -0.39 is 12.1 Å². The summed E-state index contributed by atoms with van der Waals surface area (Å²) in [7, 11) is 4.77. The molecule has 0 spiro atoms. The summed E-state index contributed by atoms with van der Waals surface area (Å²) in [4.78, 5) is 26.0. The third-order valence-electron chi connectivity index (χ3n) is 3.94. The van der Waals surface area contributed by atoms with E-state index in [1.54, 1.807) is 20.2 Å². The molecule has 0 fully saturated rings. The van der Waals surface area contributed by atoms with Crippen LogP contribution in [0.5, 0.6) is 11.5 Å². The molecule has 7 nitrogen and oxygen atoms in total. The van der Waals surface area contributed by atoms with E-state index in [-0.39, 0.29) is 5.56 Å². The molecule has 22 heavy (non-hydrogen) atoms. The number of aromatic amines is 1. The van der Waals surface area contributed by atoms with Gasteiger partial charge in [-0.3, -0.25) is 19.5 Å². The van der Waals surface area contributed by atoms with Crippen LogP contribution in [-0.4, -0.2) is 34.9 Å². The van der Waals surface area contributed by atoms with E-state index in [0.717, 1.165) is 5.56 Å². The number of carbonyl (C=O) groups is 1. The summed E-state index contributed by atoms with van der Waals surface area (Å²) in [5.74, 6) is 0.828. The van der Waals surface area contributed by atoms with E-state index >= 15 is 0 Å². The molecular formula is C15H17N3O4. The number of benzene rings is 1. The minimum atomic E-state index is -0.523. The molecule has 1 aliphatic heterocycles. The van der Waals surface area contributed by atoms with Crippen LogP contribution in [0, 0.1) is 6.92 Å². The van der Waals surface area contributed by atoms with Crippen LogP contribution in [0.25, 0.3) is 0 Å². The maximum absolute atomic E-state index is 12.4. The Morgan fingerprint density at radius 2 is 2.00 bits per heavy atom. The molecule has 2 heterocycles. The number of nitrogens with zero attached hydrogens (tertiary/aromatic N) is 2. The zero-order valence-electron chi connectivity index (χ0n) is 12.8. The van der Waals surface area contributed by atoms with Crippen molar-refractivity contribution in [2.75, 3.05) is 14.2 Å². The Morgan fingerprint density at radius 3 is 2.59 bits per heavy atom. The zero-order chi connectivity index (χ0) is 16.0. The quantitative estimate of drug-likeness (QED) is 0.913. The van der Waals surface area contributed by atoms with E-state index in [1.165, 1.54) is 16.7 Å². The molecule has 0 saturated carbocycles. The Morgan fingerprint density at radius 1 is 1.27 bits per heavy atom. The number of carbonyl (C=O) groups excluding carboxylic acids is 1. The van der Waals surface area contributed by atoms with Crippen LogP contribution in [0.1, 0.15) is 22.9 Å². The number of rotatable bonds is 2. The molecule has 1 aliphatic rings. The Kier molecular flexibility index (Phi) is 3.20. The predicted molar refractivity (Wildman–Crippen MR) is 79.4 cm³/mol. The second kappa shape index (κ2) is 4.94. The largest absolute Gasteiger partial charge is 0.493 e. The molecule has 1 atom stereocenters. The predicted octanol–water partition coefficient (Wildman–Crippen LogP) is 1.56. The molecule has 0 radical (unpaired) electrons. The van der Waals surface area contributed by atoms with Gasteiger partial charge in [0.1, 0.15) is 0 Å². The number of methoxy groups -OCH3 is 1. The lowest BCUT2D eigenvalue weighted by Gasteiger charge is -2.33. The molecule has 2 aromatic rings. The average Bonchev–Trinajstić information content (AvgIpc) is 2.74. The minimum absolute atomic E-state index is 0.169. The number of fused-ring (bicyclic) bond motifs is 1. The summed E-state index contributed by atoms with van der Waals surface area (Å²) >= 11 is 0. The van der Waals surface area contributed by atoms with Crippen LogP contribution in [-0.2, 0) is 7.05 Å². The molecule has 1 unspecified atom stereocenters. The van der Waals surface area contributed by atoms with Gasteiger partial charge in [-0.25, -0.2) is 4.79 Å². The van der Waals surface area contributed by atoms with E-state index in [0.29, 0.717) is 22.8 Å². The van der Waals surface area contributed by atoms with Gasteiger partial charge in [-0.2, -0.15) is 0 Å². The summed E-state index contributed by atoms with van der Waals surface area (Å²) < 4.78 is 12.0. The average molecular weight is 303 g/mol. The molecule has 0 saturated heterocycles. The van der Waals surface area contributed by atoms with Crippen molar-refractivity contribution < 1.29 is 14.3 Å². The third kappa shape index (κ3) is 1.89. The van der Waals surface area contributed by atoms with Crippen LogP contribution in [0.2, 0.25) is 0 Å². The van der Waals surface area contributed by atoms with Crippen LogP contribution in [0.15, 0.2) is 23.0 Å². The van der Waals surface area contributed by atoms with E-state index in [4.69, 9.17) is 9.47 Å². The molecule has 1 amide bonds. The lowest BCUT2D eigenvalue weighted by Crippen LogP contribution is -2.40. The van der Waals surface area contributed by atoms with Gasteiger partial charge in [0, 0.05) is 25.4 Å². The number of ether oxygens (including phenoxy) is 2. The molecule has 1 aromatic heterocycles. The fraction of sp³-hybridized carbons (Fsp3) is 0.333. The van der Waals surface area contributed by atoms with Gasteiger partial charge >= 0.3 is 6.09 Å². The van der Waals surface area contributed by atoms with E-state index in [9.17, 15) is 9.59 Å². The number of aromatic nitrogens is 2. The number of aryl methyl sites for hydroxylation is 2. The minimum Gasteiger partial charge on any atom is -0.493 e. The fourth-order valence-corrected chi connectivity index (χ4v) is 2.87. The van der Waals surface area contributed by atoms with Gasteiger partial charge in [0.2, 0.25) is 0 Å². The van der Waals surface area contributed by atoms with Gasteiger partial charge in [0.15, 0.2) is 11.5 Å². The number of para-hydroxylation sites is 1. The second-order valence-electron chi connectivity index (χ2n) is 5.27. The molecule has 3 rings (SSSR count). The zero-order valence-corrected chi connectivity index (χ0v) is 12.8. The summed E-state index contributed by atoms with van der Waals surface area (Å²) in [6.07, 6.45) is -0.523. The summed E-state index contributed by atoms with van der Waals surface area (Å²) in [5.41, 5.74) is 1.79. The highest BCUT2D eigenvalue weighted by molar-refractivity contribution is 5.76. The molecule has 0 bridgehead atoms. The standard InChI is InChI=1S/C15H17N3O4/c1-8-11(14(19)18(3)16-8)12-9-6-5-7-10(21-4)13(9)22-15(20)17(12)2/h5-7,12,16H,1-4H3. The summed E-state index contributed by atoms with van der Waals surface area (Å²) in [5, 5.41) is 2.96. The Hall–Kier alpha value is -2.70. The lowest BCUT2D eigenvalue weighted by atomic mass is 9.95. The van der Waals surface area contributed by atoms with Gasteiger partial charge in [0.25, 0.3) is 5.56 Å². The smallest absolute Gasteiger partial charge is 0.415 e. The SMILES string of the molecule is COc1cccc2c1OC(=O)N(C)C2c1c(C)[nH]n(C)c1=O. The number of nitrogens with one attached hydrogen (secondary N) is 1. The first kappa shape index (κ1) is 14.2. The van der Waals surface area contributed by atoms with Crippen molar-refractivity contribution in [3.8, 4) is 11.5 Å². The highest BCUT2D eigenvalue weighted by Crippen LogP contribution is 2.43. The van der Waals surface area contributed by atoms with Gasteiger partial charge in [-0.05, 0) is 13.0 Å². The molecule has 116 valence electrons. The molecule has 7 heteroatoms. The normalized spacial score (nSPS) is 17.2. The summed E-state index contributed by atoms with van der Waals surface area (Å²) in [6, 6.07) is 4.84. The van der Waals surface area contributed by atoms with Crippen LogP contribution >= 0.6 is 0 Å². The van der Waals surface area contributed by atoms with Crippen LogP contribution in [0.3, 0.4) is 0 Å². The first-order valence-electron chi connectivity index (χ1n) is 6.82. The molecular weight excluding hydrogens is 286 g/mol. The van der Waals surface area contributed by atoms with E-state index in [1.807, 2.05) is 19.1 Å². The summed E-state index contributed by atoms with van der Waals surface area (Å²) in [6.45, 7) is 1.81. The van der Waals surface area contributed by atoms with Gasteiger partial charge < -0.3 is 9.47 Å². The monoisotopic (exact) mass is 303 g/mol. The van der Waals surface area contributed by atoms with Crippen molar-refractivity contribution in [2.24, 2.45) is 7.05 Å². The number of H-pyrrole nitrogens is 1. The van der Waals surface area contributed by atoms with Crippen molar-refractivity contribution >= 4 is 6.09 Å². The maximum atomic E-state index is 12.4. The number of hydrogen-bond donors (Lipinski definition) is 1. The van der Waals surface area contributed by atoms with Crippen molar-refractivity contribution in [1.29, 1.82) is 0 Å². The molecule has 0 aliphatic carbocycles. The van der Waals surface area contributed by atoms with Crippen molar-refractivity contribution in [2.45, 2.75) is 13.0 Å². The Labute approximate surface area is 127 Å². The lowest BCUT2D eigenvalue weighted by molar-refractivity contribution is 0.137. The van der Waals surface area contributed by atoms with Crippen molar-refractivity contribution in [1.82, 2.24) is 14.7 Å². The van der Waals surface area contributed by atoms with Crippen LogP contribution in [0.4, 0.5) is 4.79 Å². The number of hydrogen-bond acceptors (Lipinski definition) is 4.